The second-order valence-corrected chi connectivity index (χ2v) is 10.3. The van der Waals surface area contributed by atoms with Crippen LogP contribution in [0.4, 0.5) is 16.2 Å². The van der Waals surface area contributed by atoms with E-state index in [1.54, 1.807) is 0 Å². The number of hydrogen-bond donors (Lipinski definition) is 2. The molecular weight excluding hydrogens is 458 g/mol. The number of carbonyl (C=O) groups is 1. The molecule has 4 aromatic rings. The summed E-state index contributed by atoms with van der Waals surface area (Å²) in [5, 5.41) is 4.56. The molecule has 37 heavy (non-hydrogen) atoms. The lowest BCUT2D eigenvalue weighted by molar-refractivity contribution is 0.219. The number of nitrogens with zero attached hydrogens (tertiary/aromatic N) is 3. The van der Waals surface area contributed by atoms with Crippen molar-refractivity contribution in [3.8, 4) is 0 Å². The van der Waals surface area contributed by atoms with E-state index in [0.717, 1.165) is 56.8 Å². The van der Waals surface area contributed by atoms with Crippen LogP contribution in [0, 0.1) is 0 Å². The van der Waals surface area contributed by atoms with Gasteiger partial charge in [0.05, 0.1) is 12.1 Å². The number of urea groups is 1. The molecule has 190 valence electrons. The van der Waals surface area contributed by atoms with Crippen molar-refractivity contribution in [1.29, 1.82) is 0 Å². The molecule has 3 heterocycles. The predicted molar refractivity (Wildman–Crippen MR) is 151 cm³/mol. The van der Waals surface area contributed by atoms with Gasteiger partial charge in [0.1, 0.15) is 0 Å². The van der Waals surface area contributed by atoms with Crippen molar-refractivity contribution in [3.05, 3.63) is 96.2 Å². The molecule has 3 aromatic carbocycles. The number of hydrogen-bond acceptors (Lipinski definition) is 3. The van der Waals surface area contributed by atoms with Gasteiger partial charge in [0.25, 0.3) is 0 Å². The lowest BCUT2D eigenvalue weighted by Crippen LogP contribution is -2.56. The fraction of sp³-hybridized carbons (Fsp3) is 0.323. The Morgan fingerprint density at radius 2 is 1.68 bits per heavy atom. The number of rotatable bonds is 5. The van der Waals surface area contributed by atoms with Crippen LogP contribution < -0.4 is 15.1 Å². The number of nitrogens with one attached hydrogen (secondary N) is 2. The number of aromatic nitrogens is 1. The zero-order valence-electron chi connectivity index (χ0n) is 21.4. The maximum atomic E-state index is 13.7. The molecule has 2 aliphatic heterocycles. The van der Waals surface area contributed by atoms with Crippen LogP contribution in [-0.4, -0.2) is 54.7 Å². The van der Waals surface area contributed by atoms with Gasteiger partial charge in [0, 0.05) is 61.2 Å². The second-order valence-electron chi connectivity index (χ2n) is 10.3. The number of piperazine rings is 1. The van der Waals surface area contributed by atoms with Gasteiger partial charge in [-0.1, -0.05) is 54.6 Å². The first-order chi connectivity index (χ1) is 18.2. The second kappa shape index (κ2) is 10.3. The lowest BCUT2D eigenvalue weighted by Gasteiger charge is -2.42. The fourth-order valence-electron chi connectivity index (χ4n) is 5.95. The molecule has 1 aromatic heterocycles. The summed E-state index contributed by atoms with van der Waals surface area (Å²) in [7, 11) is 0. The molecule has 6 heteroatoms. The minimum Gasteiger partial charge on any atom is -0.368 e. The quantitative estimate of drug-likeness (QED) is 0.382. The van der Waals surface area contributed by atoms with Gasteiger partial charge in [-0.25, -0.2) is 4.79 Å². The fourth-order valence-corrected chi connectivity index (χ4v) is 5.95. The SMILES string of the molecule is CC(NC(=O)N1c2ccccc2CCC1CN1CCN(c2cccc3[nH]ccc23)CC1)c1ccccc1. The van der Waals surface area contributed by atoms with E-state index >= 15 is 0 Å². The first-order valence-corrected chi connectivity index (χ1v) is 13.4. The van der Waals surface area contributed by atoms with Crippen LogP contribution in [-0.2, 0) is 6.42 Å². The van der Waals surface area contributed by atoms with Gasteiger partial charge >= 0.3 is 6.03 Å². The Bertz CT molecular complexity index is 1360. The summed E-state index contributed by atoms with van der Waals surface area (Å²) >= 11 is 0. The molecule has 1 fully saturated rings. The van der Waals surface area contributed by atoms with Crippen LogP contribution in [0.25, 0.3) is 10.9 Å². The highest BCUT2D eigenvalue weighted by molar-refractivity contribution is 5.94. The number of H-pyrrole nitrogens is 1. The molecule has 0 aliphatic carbocycles. The first-order valence-electron chi connectivity index (χ1n) is 13.4. The van der Waals surface area contributed by atoms with E-state index in [4.69, 9.17) is 0 Å². The van der Waals surface area contributed by atoms with E-state index in [2.05, 4.69) is 81.6 Å². The van der Waals surface area contributed by atoms with E-state index < -0.39 is 0 Å². The number of carbonyl (C=O) groups excluding carboxylic acids is 1. The maximum absolute atomic E-state index is 13.7. The molecular formula is C31H35N5O. The lowest BCUT2D eigenvalue weighted by atomic mass is 9.95. The molecule has 2 atom stereocenters. The van der Waals surface area contributed by atoms with Gasteiger partial charge in [-0.15, -0.1) is 0 Å². The van der Waals surface area contributed by atoms with Crippen molar-refractivity contribution in [2.75, 3.05) is 42.5 Å². The van der Waals surface area contributed by atoms with E-state index in [1.807, 2.05) is 35.4 Å². The van der Waals surface area contributed by atoms with Crippen molar-refractivity contribution in [2.24, 2.45) is 0 Å². The Morgan fingerprint density at radius 1 is 0.919 bits per heavy atom. The van der Waals surface area contributed by atoms with Crippen LogP contribution in [0.5, 0.6) is 0 Å². The van der Waals surface area contributed by atoms with Gasteiger partial charge in [0.2, 0.25) is 0 Å². The topological polar surface area (TPSA) is 54.6 Å². The molecule has 0 saturated carbocycles. The van der Waals surface area contributed by atoms with Crippen molar-refractivity contribution < 1.29 is 4.79 Å². The molecule has 0 bridgehead atoms. The average Bonchev–Trinajstić information content (AvgIpc) is 3.43. The largest absolute Gasteiger partial charge is 0.368 e. The highest BCUT2D eigenvalue weighted by Crippen LogP contribution is 2.32. The smallest absolute Gasteiger partial charge is 0.322 e. The van der Waals surface area contributed by atoms with E-state index in [9.17, 15) is 4.79 Å². The molecule has 6 nitrogen and oxygen atoms in total. The van der Waals surface area contributed by atoms with Gasteiger partial charge < -0.3 is 15.2 Å². The molecule has 2 amide bonds. The summed E-state index contributed by atoms with van der Waals surface area (Å²) in [6.07, 6.45) is 4.00. The van der Waals surface area contributed by atoms with Crippen molar-refractivity contribution in [1.82, 2.24) is 15.2 Å². The third-order valence-corrected chi connectivity index (χ3v) is 7.98. The van der Waals surface area contributed by atoms with Crippen LogP contribution in [0.15, 0.2) is 85.1 Å². The summed E-state index contributed by atoms with van der Waals surface area (Å²) in [4.78, 5) is 24.1. The number of aryl methyl sites for hydroxylation is 1. The van der Waals surface area contributed by atoms with Gasteiger partial charge in [0.15, 0.2) is 0 Å². The average molecular weight is 494 g/mol. The molecule has 0 spiro atoms. The Labute approximate surface area is 218 Å². The Balaban J connectivity index is 1.16. The summed E-state index contributed by atoms with van der Waals surface area (Å²) in [5.41, 5.74) is 5.92. The van der Waals surface area contributed by atoms with Gasteiger partial charge in [-0.2, -0.15) is 0 Å². The van der Waals surface area contributed by atoms with E-state index in [1.165, 1.54) is 22.2 Å². The maximum Gasteiger partial charge on any atom is 0.322 e. The zero-order valence-corrected chi connectivity index (χ0v) is 21.4. The highest BCUT2D eigenvalue weighted by Gasteiger charge is 2.33. The molecule has 2 unspecified atom stereocenters. The van der Waals surface area contributed by atoms with E-state index in [0.29, 0.717) is 0 Å². The minimum absolute atomic E-state index is 0.00808. The summed E-state index contributed by atoms with van der Waals surface area (Å²) in [5.74, 6) is 0. The van der Waals surface area contributed by atoms with Crippen LogP contribution in [0.1, 0.15) is 30.5 Å². The number of para-hydroxylation sites is 1. The monoisotopic (exact) mass is 493 g/mol. The third-order valence-electron chi connectivity index (χ3n) is 7.98. The number of aromatic amines is 1. The van der Waals surface area contributed by atoms with Crippen LogP contribution in [0.2, 0.25) is 0 Å². The van der Waals surface area contributed by atoms with Crippen LogP contribution in [0.3, 0.4) is 0 Å². The number of anilines is 2. The summed E-state index contributed by atoms with van der Waals surface area (Å²) in [6.45, 7) is 6.92. The predicted octanol–water partition coefficient (Wildman–Crippen LogP) is 5.58. The standard InChI is InChI=1S/C31H35N5O/c1-23(24-8-3-2-4-9-24)33-31(37)36-26(15-14-25-10-5-6-12-29(25)36)22-34-18-20-35(21-19-34)30-13-7-11-28-27(30)16-17-32-28/h2-13,16-17,23,26,32H,14-15,18-22H2,1H3,(H,33,37). The Kier molecular flexibility index (Phi) is 6.58. The summed E-state index contributed by atoms with van der Waals surface area (Å²) < 4.78 is 0. The number of amides is 2. The highest BCUT2D eigenvalue weighted by atomic mass is 16.2. The summed E-state index contributed by atoms with van der Waals surface area (Å²) in [6, 6.07) is 27.3. The van der Waals surface area contributed by atoms with E-state index in [-0.39, 0.29) is 18.1 Å². The number of benzene rings is 3. The van der Waals surface area contributed by atoms with Gasteiger partial charge in [-0.05, 0) is 55.2 Å². The molecule has 1 saturated heterocycles. The zero-order chi connectivity index (χ0) is 25.2. The van der Waals surface area contributed by atoms with Crippen LogP contribution >= 0.6 is 0 Å². The Hall–Kier alpha value is -3.77. The Morgan fingerprint density at radius 3 is 2.51 bits per heavy atom. The number of fused-ring (bicyclic) bond motifs is 2. The molecule has 2 aliphatic rings. The first kappa shape index (κ1) is 23.6. The van der Waals surface area contributed by atoms with Gasteiger partial charge in [-0.3, -0.25) is 9.80 Å². The minimum atomic E-state index is -0.0527. The molecule has 2 N–H and O–H groups in total. The van der Waals surface area contributed by atoms with Crippen molar-refractivity contribution in [3.63, 3.8) is 0 Å². The normalized spacial score (nSPS) is 19.0. The molecule has 0 radical (unpaired) electrons. The van der Waals surface area contributed by atoms with Crippen molar-refractivity contribution >= 4 is 28.3 Å². The van der Waals surface area contributed by atoms with Crippen molar-refractivity contribution in [2.45, 2.75) is 31.8 Å². The third kappa shape index (κ3) is 4.81. The molecule has 6 rings (SSSR count).